The predicted molar refractivity (Wildman–Crippen MR) is 77.0 cm³/mol. The molecule has 0 spiro atoms. The Morgan fingerprint density at radius 1 is 1.50 bits per heavy atom. The maximum absolute atomic E-state index is 11.0. The summed E-state index contributed by atoms with van der Waals surface area (Å²) < 4.78 is 0. The van der Waals surface area contributed by atoms with Gasteiger partial charge in [0, 0.05) is 29.0 Å². The summed E-state index contributed by atoms with van der Waals surface area (Å²) in [5, 5.41) is 10.8. The second kappa shape index (κ2) is 5.68. The van der Waals surface area contributed by atoms with Gasteiger partial charge in [-0.2, -0.15) is 0 Å². The van der Waals surface area contributed by atoms with E-state index < -0.39 is 5.97 Å². The van der Waals surface area contributed by atoms with Crippen molar-refractivity contribution in [2.45, 2.75) is 11.8 Å². The van der Waals surface area contributed by atoms with E-state index in [9.17, 15) is 4.79 Å². The number of hydrogen-bond acceptors (Lipinski definition) is 2. The first-order chi connectivity index (χ1) is 8.54. The fourth-order valence-electron chi connectivity index (χ4n) is 2.13. The molecule has 1 unspecified atom stereocenters. The summed E-state index contributed by atoms with van der Waals surface area (Å²) in [5.41, 5.74) is 1.70. The Morgan fingerprint density at radius 3 is 2.78 bits per heavy atom. The van der Waals surface area contributed by atoms with E-state index in [4.69, 9.17) is 28.3 Å². The maximum atomic E-state index is 11.0. The number of alkyl halides is 1. The van der Waals surface area contributed by atoms with Gasteiger partial charge < -0.3 is 10.0 Å². The fraction of sp³-hybridized carbons (Fsp3) is 0.417. The van der Waals surface area contributed by atoms with Crippen molar-refractivity contribution < 1.29 is 9.90 Å². The van der Waals surface area contributed by atoms with Crippen molar-refractivity contribution in [3.05, 3.63) is 27.7 Å². The molecule has 98 valence electrons. The van der Waals surface area contributed by atoms with E-state index in [-0.39, 0.29) is 5.92 Å². The summed E-state index contributed by atoms with van der Waals surface area (Å²) in [5.74, 6) is -1.06. The average molecular weight is 353 g/mol. The summed E-state index contributed by atoms with van der Waals surface area (Å²) in [6.45, 7) is 1.21. The Bertz CT molecular complexity index is 481. The molecular weight excluding hydrogens is 341 g/mol. The molecule has 0 saturated carbocycles. The number of carboxylic acids is 1. The van der Waals surface area contributed by atoms with Crippen LogP contribution in [0.3, 0.4) is 0 Å². The lowest BCUT2D eigenvalue weighted by molar-refractivity contribution is -0.140. The van der Waals surface area contributed by atoms with Gasteiger partial charge in [0.15, 0.2) is 0 Å². The summed E-state index contributed by atoms with van der Waals surface area (Å²) in [7, 11) is 0. The standard InChI is InChI=1S/C12H12BrCl2NO2/c13-5-8-9(14)1-2-10(11(8)15)16-4-3-7(6-16)12(17)18/h1-2,7H,3-6H2,(H,17,18). The maximum Gasteiger partial charge on any atom is 0.308 e. The largest absolute Gasteiger partial charge is 0.481 e. The summed E-state index contributed by atoms with van der Waals surface area (Å²) in [6, 6.07) is 3.65. The molecule has 0 amide bonds. The van der Waals surface area contributed by atoms with Crippen LogP contribution in [-0.4, -0.2) is 24.2 Å². The van der Waals surface area contributed by atoms with Crippen molar-refractivity contribution in [2.75, 3.05) is 18.0 Å². The number of anilines is 1. The smallest absolute Gasteiger partial charge is 0.308 e. The van der Waals surface area contributed by atoms with Crippen LogP contribution in [0.5, 0.6) is 0 Å². The van der Waals surface area contributed by atoms with Gasteiger partial charge in [-0.15, -0.1) is 0 Å². The third-order valence-electron chi connectivity index (χ3n) is 3.18. The third kappa shape index (κ3) is 2.60. The minimum Gasteiger partial charge on any atom is -0.481 e. The molecule has 0 bridgehead atoms. The molecule has 1 aromatic carbocycles. The molecule has 6 heteroatoms. The van der Waals surface area contributed by atoms with E-state index in [2.05, 4.69) is 15.9 Å². The van der Waals surface area contributed by atoms with Crippen molar-refractivity contribution in [1.82, 2.24) is 0 Å². The van der Waals surface area contributed by atoms with Crippen molar-refractivity contribution in [3.63, 3.8) is 0 Å². The van der Waals surface area contributed by atoms with Crippen LogP contribution in [0.25, 0.3) is 0 Å². The van der Waals surface area contributed by atoms with E-state index in [0.717, 1.165) is 11.3 Å². The molecule has 3 nitrogen and oxygen atoms in total. The van der Waals surface area contributed by atoms with Gasteiger partial charge in [0.2, 0.25) is 0 Å². The van der Waals surface area contributed by atoms with Gasteiger partial charge in [-0.1, -0.05) is 39.1 Å². The molecule has 1 aliphatic rings. The molecule has 0 aliphatic carbocycles. The Morgan fingerprint density at radius 2 is 2.22 bits per heavy atom. The van der Waals surface area contributed by atoms with Crippen molar-refractivity contribution in [1.29, 1.82) is 0 Å². The van der Waals surface area contributed by atoms with Crippen molar-refractivity contribution in [3.8, 4) is 0 Å². The summed E-state index contributed by atoms with van der Waals surface area (Å²) in [6.07, 6.45) is 0.651. The minimum atomic E-state index is -0.747. The van der Waals surface area contributed by atoms with Crippen LogP contribution < -0.4 is 4.90 Å². The number of carbonyl (C=O) groups is 1. The second-order valence-electron chi connectivity index (χ2n) is 4.26. The molecule has 1 fully saturated rings. The van der Waals surface area contributed by atoms with Gasteiger partial charge in [-0.05, 0) is 18.6 Å². The zero-order valence-corrected chi connectivity index (χ0v) is 12.6. The van der Waals surface area contributed by atoms with Crippen LogP contribution in [0.15, 0.2) is 12.1 Å². The number of rotatable bonds is 3. The third-order valence-corrected chi connectivity index (χ3v) is 4.51. The highest BCUT2D eigenvalue weighted by molar-refractivity contribution is 9.08. The number of nitrogens with zero attached hydrogens (tertiary/aromatic N) is 1. The highest BCUT2D eigenvalue weighted by Crippen LogP contribution is 2.37. The predicted octanol–water partition coefficient (Wildman–Crippen LogP) is 3.80. The minimum absolute atomic E-state index is 0.316. The number of hydrogen-bond donors (Lipinski definition) is 1. The second-order valence-corrected chi connectivity index (χ2v) is 5.61. The van der Waals surface area contributed by atoms with E-state index >= 15 is 0 Å². The number of carboxylic acid groups (broad SMARTS) is 1. The normalized spacial score (nSPS) is 19.3. The van der Waals surface area contributed by atoms with Crippen LogP contribution >= 0.6 is 39.1 Å². The van der Waals surface area contributed by atoms with Gasteiger partial charge in [0.1, 0.15) is 0 Å². The molecule has 0 aromatic heterocycles. The molecule has 2 rings (SSSR count). The Kier molecular flexibility index (Phi) is 4.41. The van der Waals surface area contributed by atoms with E-state index in [1.807, 2.05) is 11.0 Å². The monoisotopic (exact) mass is 351 g/mol. The lowest BCUT2D eigenvalue weighted by Crippen LogP contribution is -2.23. The van der Waals surface area contributed by atoms with Gasteiger partial charge >= 0.3 is 5.97 Å². The van der Waals surface area contributed by atoms with Crippen LogP contribution in [0.2, 0.25) is 10.0 Å². The zero-order valence-electron chi connectivity index (χ0n) is 9.50. The molecule has 1 aromatic rings. The van der Waals surface area contributed by atoms with Gasteiger partial charge in [-0.3, -0.25) is 4.79 Å². The Balaban J connectivity index is 2.28. The molecule has 1 saturated heterocycles. The zero-order chi connectivity index (χ0) is 13.3. The lowest BCUT2D eigenvalue weighted by Gasteiger charge is -2.21. The lowest BCUT2D eigenvalue weighted by atomic mass is 10.1. The molecule has 18 heavy (non-hydrogen) atoms. The van der Waals surface area contributed by atoms with Gasteiger partial charge in [-0.25, -0.2) is 0 Å². The highest BCUT2D eigenvalue weighted by Gasteiger charge is 2.29. The molecule has 1 aliphatic heterocycles. The van der Waals surface area contributed by atoms with Crippen LogP contribution in [0.4, 0.5) is 5.69 Å². The van der Waals surface area contributed by atoms with E-state index in [1.165, 1.54) is 0 Å². The number of aliphatic carboxylic acids is 1. The highest BCUT2D eigenvalue weighted by atomic mass is 79.9. The van der Waals surface area contributed by atoms with Crippen molar-refractivity contribution >= 4 is 50.8 Å². The van der Waals surface area contributed by atoms with Gasteiger partial charge in [0.05, 0.1) is 16.6 Å². The number of benzene rings is 1. The molecule has 1 N–H and O–H groups in total. The fourth-order valence-corrected chi connectivity index (χ4v) is 3.66. The number of halogens is 3. The molecule has 0 radical (unpaired) electrons. The Hall–Kier alpha value is -0.450. The first-order valence-electron chi connectivity index (χ1n) is 5.55. The molecular formula is C12H12BrCl2NO2. The van der Waals surface area contributed by atoms with Gasteiger partial charge in [0.25, 0.3) is 0 Å². The molecule has 1 heterocycles. The Labute approximate surface area is 124 Å². The van der Waals surface area contributed by atoms with Crippen LogP contribution in [0, 0.1) is 5.92 Å². The topological polar surface area (TPSA) is 40.5 Å². The van der Waals surface area contributed by atoms with E-state index in [0.29, 0.717) is 34.9 Å². The first kappa shape index (κ1) is 14.0. The van der Waals surface area contributed by atoms with E-state index in [1.54, 1.807) is 6.07 Å². The summed E-state index contributed by atoms with van der Waals surface area (Å²) in [4.78, 5) is 13.0. The quantitative estimate of drug-likeness (QED) is 0.841. The first-order valence-corrected chi connectivity index (χ1v) is 7.43. The van der Waals surface area contributed by atoms with Crippen molar-refractivity contribution in [2.24, 2.45) is 5.92 Å². The molecule has 1 atom stereocenters. The van der Waals surface area contributed by atoms with Crippen LogP contribution in [0.1, 0.15) is 12.0 Å². The average Bonchev–Trinajstić information content (AvgIpc) is 2.79. The van der Waals surface area contributed by atoms with Crippen LogP contribution in [-0.2, 0) is 10.1 Å². The summed E-state index contributed by atoms with van der Waals surface area (Å²) >= 11 is 15.7. The SMILES string of the molecule is O=C(O)C1CCN(c2ccc(Cl)c(CBr)c2Cl)C1.